The van der Waals surface area contributed by atoms with Crippen LogP contribution in [0.4, 0.5) is 0 Å². The first-order chi connectivity index (χ1) is 9.63. The van der Waals surface area contributed by atoms with E-state index in [1.165, 1.54) is 31.2 Å². The molecule has 2 aliphatic rings. The van der Waals surface area contributed by atoms with Crippen molar-refractivity contribution in [1.82, 2.24) is 0 Å². The minimum atomic E-state index is 0.320. The van der Waals surface area contributed by atoms with Gasteiger partial charge in [0, 0.05) is 6.04 Å². The number of nitrogens with two attached hydrogens (primary N) is 1. The molecule has 1 aromatic rings. The Kier molecular flexibility index (Phi) is 4.02. The van der Waals surface area contributed by atoms with Gasteiger partial charge >= 0.3 is 0 Å². The van der Waals surface area contributed by atoms with E-state index < -0.39 is 0 Å². The highest BCUT2D eigenvalue weighted by Crippen LogP contribution is 2.39. The summed E-state index contributed by atoms with van der Waals surface area (Å²) in [6.07, 6.45) is 6.59. The fourth-order valence-electron chi connectivity index (χ4n) is 3.39. The second kappa shape index (κ2) is 5.77. The summed E-state index contributed by atoms with van der Waals surface area (Å²) in [4.78, 5) is 0. The zero-order chi connectivity index (χ0) is 14.1. The molecule has 2 heteroatoms. The van der Waals surface area contributed by atoms with Gasteiger partial charge in [0.25, 0.3) is 0 Å². The van der Waals surface area contributed by atoms with Gasteiger partial charge in [-0.15, -0.1) is 0 Å². The molecule has 2 N–H and O–H groups in total. The minimum absolute atomic E-state index is 0.320. The van der Waals surface area contributed by atoms with Crippen LogP contribution in [-0.4, -0.2) is 12.1 Å². The summed E-state index contributed by atoms with van der Waals surface area (Å²) in [5.74, 6) is 3.12. The molecule has 3 rings (SSSR count). The van der Waals surface area contributed by atoms with Gasteiger partial charge in [0.15, 0.2) is 0 Å². The highest BCUT2D eigenvalue weighted by atomic mass is 16.5. The van der Waals surface area contributed by atoms with Crippen LogP contribution in [0.3, 0.4) is 0 Å². The average Bonchev–Trinajstić information content (AvgIpc) is 3.24. The Morgan fingerprint density at radius 2 is 1.75 bits per heavy atom. The summed E-state index contributed by atoms with van der Waals surface area (Å²) in [5.41, 5.74) is 7.77. The third kappa shape index (κ3) is 3.17. The van der Waals surface area contributed by atoms with Crippen molar-refractivity contribution in [3.63, 3.8) is 0 Å². The highest BCUT2D eigenvalue weighted by Gasteiger charge is 2.30. The standard InChI is InChI=1S/C18H27NO/c1-12(2)14-5-10-18(19)17(11-14)13-3-6-15(7-4-13)20-16-8-9-16/h3-4,6-7,12,14,16-18H,5,8-11,19H2,1-2H3. The lowest BCUT2D eigenvalue weighted by Gasteiger charge is -2.36. The molecular formula is C18H27NO. The van der Waals surface area contributed by atoms with Gasteiger partial charge in [0.05, 0.1) is 6.10 Å². The van der Waals surface area contributed by atoms with Crippen molar-refractivity contribution < 1.29 is 4.74 Å². The molecule has 110 valence electrons. The van der Waals surface area contributed by atoms with Crippen molar-refractivity contribution in [3.05, 3.63) is 29.8 Å². The van der Waals surface area contributed by atoms with Gasteiger partial charge < -0.3 is 10.5 Å². The summed E-state index contributed by atoms with van der Waals surface area (Å²) in [6, 6.07) is 9.02. The quantitative estimate of drug-likeness (QED) is 0.896. The summed E-state index contributed by atoms with van der Waals surface area (Å²) in [6.45, 7) is 4.68. The Hall–Kier alpha value is -1.02. The van der Waals surface area contributed by atoms with Gasteiger partial charge in [-0.1, -0.05) is 26.0 Å². The second-order valence-corrected chi connectivity index (χ2v) is 6.97. The van der Waals surface area contributed by atoms with Crippen LogP contribution >= 0.6 is 0 Å². The van der Waals surface area contributed by atoms with Gasteiger partial charge in [0.2, 0.25) is 0 Å². The van der Waals surface area contributed by atoms with Crippen molar-refractivity contribution >= 4 is 0 Å². The van der Waals surface area contributed by atoms with Crippen LogP contribution in [0.5, 0.6) is 5.75 Å². The van der Waals surface area contributed by atoms with Gasteiger partial charge in [-0.2, -0.15) is 0 Å². The van der Waals surface area contributed by atoms with E-state index in [1.54, 1.807) is 0 Å². The zero-order valence-corrected chi connectivity index (χ0v) is 12.7. The molecule has 20 heavy (non-hydrogen) atoms. The minimum Gasteiger partial charge on any atom is -0.490 e. The van der Waals surface area contributed by atoms with E-state index in [2.05, 4.69) is 38.1 Å². The predicted octanol–water partition coefficient (Wildman–Crippen LogP) is 4.09. The Balaban J connectivity index is 1.69. The molecular weight excluding hydrogens is 246 g/mol. The summed E-state index contributed by atoms with van der Waals surface area (Å²) in [7, 11) is 0. The van der Waals surface area contributed by atoms with E-state index in [4.69, 9.17) is 10.5 Å². The summed E-state index contributed by atoms with van der Waals surface area (Å²) < 4.78 is 5.82. The number of rotatable bonds is 4. The fourth-order valence-corrected chi connectivity index (χ4v) is 3.39. The summed E-state index contributed by atoms with van der Waals surface area (Å²) in [5, 5.41) is 0. The first kappa shape index (κ1) is 13.9. The maximum Gasteiger partial charge on any atom is 0.119 e. The lowest BCUT2D eigenvalue weighted by molar-refractivity contribution is 0.232. The highest BCUT2D eigenvalue weighted by molar-refractivity contribution is 5.31. The van der Waals surface area contributed by atoms with E-state index in [0.29, 0.717) is 18.1 Å². The first-order valence-electron chi connectivity index (χ1n) is 8.15. The van der Waals surface area contributed by atoms with Crippen LogP contribution in [0.25, 0.3) is 0 Å². The van der Waals surface area contributed by atoms with E-state index in [0.717, 1.165) is 24.0 Å². The van der Waals surface area contributed by atoms with Crippen LogP contribution in [0.2, 0.25) is 0 Å². The second-order valence-electron chi connectivity index (χ2n) is 6.97. The maximum absolute atomic E-state index is 6.37. The van der Waals surface area contributed by atoms with Crippen molar-refractivity contribution in [2.45, 2.75) is 64.0 Å². The lowest BCUT2D eigenvalue weighted by atomic mass is 9.71. The van der Waals surface area contributed by atoms with Gasteiger partial charge in [-0.05, 0) is 67.6 Å². The number of hydrogen-bond acceptors (Lipinski definition) is 2. The van der Waals surface area contributed by atoms with E-state index >= 15 is 0 Å². The van der Waals surface area contributed by atoms with Crippen molar-refractivity contribution in [3.8, 4) is 5.75 Å². The van der Waals surface area contributed by atoms with Crippen molar-refractivity contribution in [2.24, 2.45) is 17.6 Å². The maximum atomic E-state index is 6.37. The Labute approximate surface area is 122 Å². The molecule has 1 aromatic carbocycles. The third-order valence-corrected chi connectivity index (χ3v) is 5.02. The predicted molar refractivity (Wildman–Crippen MR) is 83.0 cm³/mol. The molecule has 3 atom stereocenters. The van der Waals surface area contributed by atoms with Crippen LogP contribution in [-0.2, 0) is 0 Å². The van der Waals surface area contributed by atoms with E-state index in [1.807, 2.05) is 0 Å². The molecule has 0 bridgehead atoms. The Bertz CT molecular complexity index is 435. The molecule has 0 saturated heterocycles. The van der Waals surface area contributed by atoms with Crippen molar-refractivity contribution in [2.75, 3.05) is 0 Å². The van der Waals surface area contributed by atoms with E-state index in [9.17, 15) is 0 Å². The molecule has 2 nitrogen and oxygen atoms in total. The van der Waals surface area contributed by atoms with Crippen LogP contribution < -0.4 is 10.5 Å². The molecule has 2 aliphatic carbocycles. The molecule has 0 aliphatic heterocycles. The molecule has 0 spiro atoms. The van der Waals surface area contributed by atoms with Crippen molar-refractivity contribution in [1.29, 1.82) is 0 Å². The van der Waals surface area contributed by atoms with Crippen LogP contribution in [0, 0.1) is 11.8 Å². The molecule has 0 aromatic heterocycles. The van der Waals surface area contributed by atoms with Gasteiger partial charge in [-0.3, -0.25) is 0 Å². The molecule has 3 unspecified atom stereocenters. The van der Waals surface area contributed by atoms with Gasteiger partial charge in [-0.25, -0.2) is 0 Å². The van der Waals surface area contributed by atoms with Gasteiger partial charge in [0.1, 0.15) is 5.75 Å². The average molecular weight is 273 g/mol. The lowest BCUT2D eigenvalue weighted by Crippen LogP contribution is -2.35. The topological polar surface area (TPSA) is 35.2 Å². The Morgan fingerprint density at radius 3 is 2.35 bits per heavy atom. The third-order valence-electron chi connectivity index (χ3n) is 5.02. The number of ether oxygens (including phenoxy) is 1. The molecule has 0 radical (unpaired) electrons. The molecule has 2 saturated carbocycles. The molecule has 0 amide bonds. The monoisotopic (exact) mass is 273 g/mol. The number of benzene rings is 1. The first-order valence-corrected chi connectivity index (χ1v) is 8.15. The molecule has 2 fully saturated rings. The van der Waals surface area contributed by atoms with E-state index in [-0.39, 0.29) is 0 Å². The largest absolute Gasteiger partial charge is 0.490 e. The fraction of sp³-hybridized carbons (Fsp3) is 0.667. The SMILES string of the molecule is CC(C)C1CCC(N)C(c2ccc(OC3CC3)cc2)C1. The zero-order valence-electron chi connectivity index (χ0n) is 12.7. The number of hydrogen-bond donors (Lipinski definition) is 1. The normalized spacial score (nSPS) is 30.5. The summed E-state index contributed by atoms with van der Waals surface area (Å²) >= 11 is 0. The smallest absolute Gasteiger partial charge is 0.119 e. The van der Waals surface area contributed by atoms with Crippen LogP contribution in [0.15, 0.2) is 24.3 Å². The molecule has 0 heterocycles. The van der Waals surface area contributed by atoms with Crippen LogP contribution in [0.1, 0.15) is 57.4 Å². The Morgan fingerprint density at radius 1 is 1.05 bits per heavy atom.